The van der Waals surface area contributed by atoms with Crippen LogP contribution in [0.1, 0.15) is 0 Å². The zero-order chi connectivity index (χ0) is 11.7. The Morgan fingerprint density at radius 3 is 2.75 bits per heavy atom. The number of benzene rings is 1. The van der Waals surface area contributed by atoms with Crippen LogP contribution in [-0.2, 0) is 7.05 Å². The first-order chi connectivity index (χ1) is 7.63. The van der Waals surface area contributed by atoms with Crippen molar-refractivity contribution < 1.29 is 9.13 Å². The average Bonchev–Trinajstić information content (AvgIpc) is 2.60. The topological polar surface area (TPSA) is 53.1 Å². The molecule has 0 radical (unpaired) electrons. The van der Waals surface area contributed by atoms with E-state index in [1.54, 1.807) is 23.9 Å². The molecule has 0 saturated heterocycles. The van der Waals surface area contributed by atoms with Gasteiger partial charge in [0.15, 0.2) is 5.95 Å². The van der Waals surface area contributed by atoms with Crippen molar-refractivity contribution in [2.24, 2.45) is 7.05 Å². The van der Waals surface area contributed by atoms with Crippen molar-refractivity contribution in [3.8, 4) is 17.0 Å². The maximum Gasteiger partial charge on any atom is 0.200 e. The predicted molar refractivity (Wildman–Crippen MR) is 59.6 cm³/mol. The highest BCUT2D eigenvalue weighted by Gasteiger charge is 2.12. The molecule has 84 valence electrons. The van der Waals surface area contributed by atoms with Gasteiger partial charge in [-0.2, -0.15) is 0 Å². The van der Waals surface area contributed by atoms with Gasteiger partial charge in [0.2, 0.25) is 0 Å². The summed E-state index contributed by atoms with van der Waals surface area (Å²) in [4.78, 5) is 3.96. The fourth-order valence-corrected chi connectivity index (χ4v) is 1.55. The van der Waals surface area contributed by atoms with E-state index in [-0.39, 0.29) is 5.82 Å². The van der Waals surface area contributed by atoms with E-state index in [1.165, 1.54) is 19.2 Å². The van der Waals surface area contributed by atoms with Crippen molar-refractivity contribution in [2.45, 2.75) is 0 Å². The first kappa shape index (κ1) is 10.5. The molecule has 0 bridgehead atoms. The van der Waals surface area contributed by atoms with Crippen molar-refractivity contribution in [3.63, 3.8) is 0 Å². The molecule has 1 aromatic carbocycles. The summed E-state index contributed by atoms with van der Waals surface area (Å²) in [5, 5.41) is 0. The Labute approximate surface area is 92.5 Å². The van der Waals surface area contributed by atoms with E-state index in [0.717, 1.165) is 0 Å². The predicted octanol–water partition coefficient (Wildman–Crippen LogP) is 1.82. The number of halogens is 1. The molecule has 2 aromatic rings. The van der Waals surface area contributed by atoms with Gasteiger partial charge in [-0.1, -0.05) is 0 Å². The number of hydrogen-bond donors (Lipinski definition) is 1. The Balaban J connectivity index is 2.62. The number of ether oxygens (including phenoxy) is 1. The van der Waals surface area contributed by atoms with Gasteiger partial charge in [-0.3, -0.25) is 0 Å². The lowest BCUT2D eigenvalue weighted by Crippen LogP contribution is -1.99. The Hall–Kier alpha value is -2.04. The molecule has 1 aromatic heterocycles. The lowest BCUT2D eigenvalue weighted by molar-refractivity contribution is 0.415. The van der Waals surface area contributed by atoms with Gasteiger partial charge in [-0.05, 0) is 18.2 Å². The second kappa shape index (κ2) is 3.84. The second-order valence-electron chi connectivity index (χ2n) is 3.41. The van der Waals surface area contributed by atoms with Crippen LogP contribution in [0.4, 0.5) is 10.3 Å². The number of rotatable bonds is 2. The summed E-state index contributed by atoms with van der Waals surface area (Å²) in [6, 6.07) is 4.32. The number of hydrogen-bond acceptors (Lipinski definition) is 3. The van der Waals surface area contributed by atoms with E-state index in [1.807, 2.05) is 0 Å². The Bertz CT molecular complexity index is 522. The zero-order valence-corrected chi connectivity index (χ0v) is 9.07. The van der Waals surface area contributed by atoms with Crippen LogP contribution in [0.5, 0.6) is 5.75 Å². The summed E-state index contributed by atoms with van der Waals surface area (Å²) in [5.74, 6) is 0.640. The number of nitrogen functional groups attached to an aromatic ring is 1. The van der Waals surface area contributed by atoms with Crippen LogP contribution in [0, 0.1) is 5.82 Å². The molecule has 0 spiro atoms. The first-order valence-electron chi connectivity index (χ1n) is 4.74. The molecule has 0 fully saturated rings. The highest BCUT2D eigenvalue weighted by atomic mass is 19.1. The van der Waals surface area contributed by atoms with Crippen LogP contribution in [0.2, 0.25) is 0 Å². The van der Waals surface area contributed by atoms with Crippen LogP contribution >= 0.6 is 0 Å². The van der Waals surface area contributed by atoms with Crippen molar-refractivity contribution in [1.29, 1.82) is 0 Å². The molecule has 0 saturated carbocycles. The highest BCUT2D eigenvalue weighted by molar-refractivity contribution is 5.68. The average molecular weight is 221 g/mol. The van der Waals surface area contributed by atoms with Crippen molar-refractivity contribution >= 4 is 5.95 Å². The summed E-state index contributed by atoms with van der Waals surface area (Å²) in [7, 11) is 3.30. The van der Waals surface area contributed by atoms with Crippen molar-refractivity contribution in [1.82, 2.24) is 9.55 Å². The fraction of sp³-hybridized carbons (Fsp3) is 0.182. The second-order valence-corrected chi connectivity index (χ2v) is 3.41. The molecule has 0 aliphatic heterocycles. The quantitative estimate of drug-likeness (QED) is 0.841. The fourth-order valence-electron chi connectivity index (χ4n) is 1.55. The molecule has 2 rings (SSSR count). The zero-order valence-electron chi connectivity index (χ0n) is 9.07. The molecule has 16 heavy (non-hydrogen) atoms. The van der Waals surface area contributed by atoms with Gasteiger partial charge < -0.3 is 15.0 Å². The molecule has 4 nitrogen and oxygen atoms in total. The smallest absolute Gasteiger partial charge is 0.200 e. The monoisotopic (exact) mass is 221 g/mol. The number of nitrogens with zero attached hydrogens (tertiary/aromatic N) is 2. The van der Waals surface area contributed by atoms with Crippen LogP contribution in [0.15, 0.2) is 24.4 Å². The van der Waals surface area contributed by atoms with E-state index < -0.39 is 0 Å². The number of imidazole rings is 1. The lowest BCUT2D eigenvalue weighted by Gasteiger charge is -2.09. The van der Waals surface area contributed by atoms with E-state index in [4.69, 9.17) is 10.5 Å². The van der Waals surface area contributed by atoms with Gasteiger partial charge in [0.05, 0.1) is 19.0 Å². The summed E-state index contributed by atoms with van der Waals surface area (Å²) < 4.78 is 20.0. The minimum absolute atomic E-state index is 0.324. The molecule has 2 N–H and O–H groups in total. The number of methoxy groups -OCH3 is 1. The standard InChI is InChI=1S/C11H12FN3O/c1-15-9(6-14-11(15)13)8-5-7(12)3-4-10(8)16-2/h3-6H,1-2H3,(H2,13,14). The van der Waals surface area contributed by atoms with E-state index in [2.05, 4.69) is 4.98 Å². The normalized spacial score (nSPS) is 10.4. The van der Waals surface area contributed by atoms with Gasteiger partial charge in [0.1, 0.15) is 11.6 Å². The maximum atomic E-state index is 13.2. The van der Waals surface area contributed by atoms with Crippen LogP contribution in [0.3, 0.4) is 0 Å². The minimum Gasteiger partial charge on any atom is -0.496 e. The summed E-state index contributed by atoms with van der Waals surface area (Å²) in [6.07, 6.45) is 1.59. The molecule has 0 aliphatic rings. The SMILES string of the molecule is COc1ccc(F)cc1-c1cnc(N)n1C. The molecule has 0 atom stereocenters. The van der Waals surface area contributed by atoms with Crippen molar-refractivity contribution in [2.75, 3.05) is 12.8 Å². The van der Waals surface area contributed by atoms with E-state index >= 15 is 0 Å². The lowest BCUT2D eigenvalue weighted by atomic mass is 10.1. The third-order valence-corrected chi connectivity index (χ3v) is 2.46. The molecule has 0 amide bonds. The van der Waals surface area contributed by atoms with Crippen LogP contribution < -0.4 is 10.5 Å². The highest BCUT2D eigenvalue weighted by Crippen LogP contribution is 2.30. The van der Waals surface area contributed by atoms with Gasteiger partial charge in [-0.25, -0.2) is 9.37 Å². The van der Waals surface area contributed by atoms with Gasteiger partial charge >= 0.3 is 0 Å². The molecule has 1 heterocycles. The number of anilines is 1. The third-order valence-electron chi connectivity index (χ3n) is 2.46. The third kappa shape index (κ3) is 1.60. The first-order valence-corrected chi connectivity index (χ1v) is 4.74. The molecule has 0 aliphatic carbocycles. The van der Waals surface area contributed by atoms with Gasteiger partial charge in [-0.15, -0.1) is 0 Å². The minimum atomic E-state index is -0.324. The molecular weight excluding hydrogens is 209 g/mol. The van der Waals surface area contributed by atoms with Crippen LogP contribution in [-0.4, -0.2) is 16.7 Å². The molecule has 5 heteroatoms. The van der Waals surface area contributed by atoms with E-state index in [0.29, 0.717) is 23.0 Å². The maximum absolute atomic E-state index is 13.2. The number of nitrogens with two attached hydrogens (primary N) is 1. The molecular formula is C11H12FN3O. The largest absolute Gasteiger partial charge is 0.496 e. The Morgan fingerprint density at radius 2 is 2.19 bits per heavy atom. The number of aromatic nitrogens is 2. The Kier molecular flexibility index (Phi) is 2.52. The Morgan fingerprint density at radius 1 is 1.44 bits per heavy atom. The van der Waals surface area contributed by atoms with Gasteiger partial charge in [0.25, 0.3) is 0 Å². The van der Waals surface area contributed by atoms with Gasteiger partial charge in [0, 0.05) is 12.6 Å². The van der Waals surface area contributed by atoms with Crippen LogP contribution in [0.25, 0.3) is 11.3 Å². The van der Waals surface area contributed by atoms with E-state index in [9.17, 15) is 4.39 Å². The summed E-state index contributed by atoms with van der Waals surface area (Å²) in [5.41, 5.74) is 6.97. The summed E-state index contributed by atoms with van der Waals surface area (Å²) >= 11 is 0. The molecule has 0 unspecified atom stereocenters. The van der Waals surface area contributed by atoms with Crippen molar-refractivity contribution in [3.05, 3.63) is 30.2 Å². The summed E-state index contributed by atoms with van der Waals surface area (Å²) in [6.45, 7) is 0.